The Balaban J connectivity index is 1.15. The number of halogens is 1. The number of fused-ring (bicyclic) bond motifs is 1. The molecule has 0 atom stereocenters. The van der Waals surface area contributed by atoms with Gasteiger partial charge in [0.2, 0.25) is 5.95 Å². The third-order valence-corrected chi connectivity index (χ3v) is 7.54. The van der Waals surface area contributed by atoms with Crippen LogP contribution in [-0.4, -0.2) is 89.0 Å². The second-order valence-corrected chi connectivity index (χ2v) is 10.4. The third-order valence-electron chi connectivity index (χ3n) is 7.26. The van der Waals surface area contributed by atoms with Crippen LogP contribution in [0.25, 0.3) is 0 Å². The summed E-state index contributed by atoms with van der Waals surface area (Å²) in [6.07, 6.45) is 5.22. The Labute approximate surface area is 216 Å². The molecule has 1 aromatic heterocycles. The van der Waals surface area contributed by atoms with E-state index < -0.39 is 0 Å². The summed E-state index contributed by atoms with van der Waals surface area (Å²) in [5.41, 5.74) is 2.52. The Morgan fingerprint density at radius 1 is 1.06 bits per heavy atom. The molecule has 0 saturated carbocycles. The van der Waals surface area contributed by atoms with Crippen molar-refractivity contribution in [3.05, 3.63) is 40.5 Å². The van der Waals surface area contributed by atoms with Gasteiger partial charge >= 0.3 is 6.03 Å². The molecule has 0 aliphatic carbocycles. The van der Waals surface area contributed by atoms with Gasteiger partial charge in [0, 0.05) is 50.0 Å². The van der Waals surface area contributed by atoms with E-state index in [1.807, 2.05) is 23.1 Å². The summed E-state index contributed by atoms with van der Waals surface area (Å²) in [5.74, 6) is 1.03. The normalized spacial score (nSPS) is 19.4. The maximum atomic E-state index is 12.7. The van der Waals surface area contributed by atoms with Gasteiger partial charge in [-0.05, 0) is 69.6 Å². The van der Waals surface area contributed by atoms with Crippen molar-refractivity contribution in [2.75, 3.05) is 50.9 Å². The number of rotatable bonds is 5. The molecule has 0 unspecified atom stereocenters. The summed E-state index contributed by atoms with van der Waals surface area (Å²) in [7, 11) is 3.91. The summed E-state index contributed by atoms with van der Waals surface area (Å²) in [6, 6.07) is 6.11. The average molecular weight is 513 g/mol. The molecular formula is C25H33ClN8O2. The number of hydrogen-bond donors (Lipinski definition) is 3. The minimum atomic E-state index is 0.0381. The summed E-state index contributed by atoms with van der Waals surface area (Å²) in [6.45, 7) is 4.01. The van der Waals surface area contributed by atoms with Crippen LogP contribution in [0.5, 0.6) is 0 Å². The highest BCUT2D eigenvalue weighted by Crippen LogP contribution is 2.28. The molecule has 10 nitrogen and oxygen atoms in total. The van der Waals surface area contributed by atoms with Crippen molar-refractivity contribution in [2.24, 2.45) is 0 Å². The number of likely N-dealkylation sites (tertiary alicyclic amines) is 2. The Bertz CT molecular complexity index is 1130. The lowest BCUT2D eigenvalue weighted by Gasteiger charge is -2.35. The van der Waals surface area contributed by atoms with Crippen LogP contribution in [0.3, 0.4) is 0 Å². The summed E-state index contributed by atoms with van der Waals surface area (Å²) in [5, 5.41) is 10.3. The molecule has 36 heavy (non-hydrogen) atoms. The Morgan fingerprint density at radius 3 is 2.53 bits per heavy atom. The molecule has 4 heterocycles. The van der Waals surface area contributed by atoms with E-state index in [1.54, 1.807) is 18.1 Å². The molecule has 1 aromatic carbocycles. The van der Waals surface area contributed by atoms with Gasteiger partial charge in [-0.1, -0.05) is 11.6 Å². The molecule has 0 bridgehead atoms. The lowest BCUT2D eigenvalue weighted by Crippen LogP contribution is -2.51. The maximum absolute atomic E-state index is 12.7. The van der Waals surface area contributed by atoms with E-state index in [-0.39, 0.29) is 24.0 Å². The second kappa shape index (κ2) is 10.5. The number of carbonyl (C=O) groups is 2. The fourth-order valence-corrected chi connectivity index (χ4v) is 5.19. The van der Waals surface area contributed by atoms with E-state index in [2.05, 4.69) is 37.9 Å². The largest absolute Gasteiger partial charge is 0.366 e. The van der Waals surface area contributed by atoms with Crippen LogP contribution in [0.1, 0.15) is 41.6 Å². The van der Waals surface area contributed by atoms with Crippen molar-refractivity contribution >= 4 is 41.0 Å². The van der Waals surface area contributed by atoms with Gasteiger partial charge in [-0.15, -0.1) is 0 Å². The molecule has 2 saturated heterocycles. The van der Waals surface area contributed by atoms with Crippen LogP contribution in [0.2, 0.25) is 5.02 Å². The minimum Gasteiger partial charge on any atom is -0.366 e. The molecule has 3 amide bonds. The van der Waals surface area contributed by atoms with Gasteiger partial charge in [-0.25, -0.2) is 9.78 Å². The first-order valence-corrected chi connectivity index (χ1v) is 12.9. The topological polar surface area (TPSA) is 106 Å². The van der Waals surface area contributed by atoms with Gasteiger partial charge in [-0.2, -0.15) is 4.98 Å². The monoisotopic (exact) mass is 512 g/mol. The lowest BCUT2D eigenvalue weighted by molar-refractivity contribution is 0.0816. The van der Waals surface area contributed by atoms with Gasteiger partial charge in [0.15, 0.2) is 5.82 Å². The highest BCUT2D eigenvalue weighted by atomic mass is 35.5. The van der Waals surface area contributed by atoms with Crippen LogP contribution in [-0.2, 0) is 6.54 Å². The molecule has 192 valence electrons. The predicted molar refractivity (Wildman–Crippen MR) is 140 cm³/mol. The van der Waals surface area contributed by atoms with Gasteiger partial charge in [-0.3, -0.25) is 4.79 Å². The highest BCUT2D eigenvalue weighted by molar-refractivity contribution is 6.32. The fourth-order valence-electron chi connectivity index (χ4n) is 5.04. The van der Waals surface area contributed by atoms with E-state index in [4.69, 9.17) is 11.6 Å². The Morgan fingerprint density at radius 2 is 1.78 bits per heavy atom. The molecule has 2 fully saturated rings. The molecule has 5 rings (SSSR count). The van der Waals surface area contributed by atoms with Crippen LogP contribution in [0, 0.1) is 0 Å². The van der Waals surface area contributed by atoms with Crippen LogP contribution in [0.15, 0.2) is 24.4 Å². The zero-order valence-corrected chi connectivity index (χ0v) is 21.5. The molecular weight excluding hydrogens is 480 g/mol. The van der Waals surface area contributed by atoms with Crippen molar-refractivity contribution < 1.29 is 9.59 Å². The third kappa shape index (κ3) is 5.49. The first kappa shape index (κ1) is 24.6. The number of hydrogen-bond acceptors (Lipinski definition) is 7. The molecule has 2 aromatic rings. The SMILES string of the molecule is CN1CCC(NC(=O)N2CCC(Nc3nc(Nc4ccc5c(c4)CN(C)C5=O)ncc3Cl)CC2)CC1. The Kier molecular flexibility index (Phi) is 7.15. The minimum absolute atomic E-state index is 0.0381. The summed E-state index contributed by atoms with van der Waals surface area (Å²) in [4.78, 5) is 39.6. The zero-order valence-electron chi connectivity index (χ0n) is 20.8. The first-order chi connectivity index (χ1) is 17.4. The van der Waals surface area contributed by atoms with Crippen molar-refractivity contribution in [3.63, 3.8) is 0 Å². The summed E-state index contributed by atoms with van der Waals surface area (Å²) >= 11 is 6.39. The average Bonchev–Trinajstić information content (AvgIpc) is 3.15. The van der Waals surface area contributed by atoms with Gasteiger partial charge in [0.25, 0.3) is 5.91 Å². The smallest absolute Gasteiger partial charge is 0.317 e. The van der Waals surface area contributed by atoms with Crippen LogP contribution in [0.4, 0.5) is 22.2 Å². The molecule has 0 radical (unpaired) electrons. The highest BCUT2D eigenvalue weighted by Gasteiger charge is 2.27. The van der Waals surface area contributed by atoms with Crippen molar-refractivity contribution in [2.45, 2.75) is 44.3 Å². The van der Waals surface area contributed by atoms with Crippen LogP contribution < -0.4 is 16.0 Å². The molecule has 3 aliphatic rings. The van der Waals surface area contributed by atoms with E-state index in [9.17, 15) is 9.59 Å². The molecule has 3 aliphatic heterocycles. The number of anilines is 3. The van der Waals surface area contributed by atoms with Gasteiger partial charge in [0.05, 0.1) is 6.20 Å². The van der Waals surface area contributed by atoms with Crippen molar-refractivity contribution in [1.29, 1.82) is 0 Å². The van der Waals surface area contributed by atoms with Crippen molar-refractivity contribution in [1.82, 2.24) is 30.0 Å². The van der Waals surface area contributed by atoms with E-state index >= 15 is 0 Å². The number of urea groups is 1. The number of nitrogens with one attached hydrogen (secondary N) is 3. The number of aromatic nitrogens is 2. The van der Waals surface area contributed by atoms with E-state index in [1.165, 1.54) is 0 Å². The second-order valence-electron chi connectivity index (χ2n) is 9.98. The zero-order chi connectivity index (χ0) is 25.2. The quantitative estimate of drug-likeness (QED) is 0.565. The van der Waals surface area contributed by atoms with E-state index in [0.29, 0.717) is 36.4 Å². The van der Waals surface area contributed by atoms with E-state index in [0.717, 1.165) is 55.6 Å². The van der Waals surface area contributed by atoms with Gasteiger partial charge < -0.3 is 30.7 Å². The standard InChI is InChI=1S/C25H33ClN8O2/c1-32-9-5-18(6-10-32)30-25(36)34-11-7-17(8-12-34)28-22-21(26)14-27-24(31-22)29-19-3-4-20-16(13-19)15-33(2)23(20)35/h3-4,13-14,17-18H,5-12,15H2,1-2H3,(H,30,36)(H2,27,28,29,31). The van der Waals surface area contributed by atoms with Crippen molar-refractivity contribution in [3.8, 4) is 0 Å². The predicted octanol–water partition coefficient (Wildman–Crippen LogP) is 3.14. The summed E-state index contributed by atoms with van der Waals surface area (Å²) < 4.78 is 0. The molecule has 11 heteroatoms. The lowest BCUT2D eigenvalue weighted by atomic mass is 10.0. The van der Waals surface area contributed by atoms with Crippen LogP contribution >= 0.6 is 11.6 Å². The Hall–Kier alpha value is -3.11. The molecule has 3 N–H and O–H groups in total. The molecule has 0 spiro atoms. The van der Waals surface area contributed by atoms with Gasteiger partial charge in [0.1, 0.15) is 5.02 Å². The fraction of sp³-hybridized carbons (Fsp3) is 0.520. The number of piperidine rings is 2. The number of amides is 3. The first-order valence-electron chi connectivity index (χ1n) is 12.5. The maximum Gasteiger partial charge on any atom is 0.317 e. The number of nitrogens with zero attached hydrogens (tertiary/aromatic N) is 5. The number of benzene rings is 1. The number of carbonyl (C=O) groups excluding carboxylic acids is 2.